The first-order chi connectivity index (χ1) is 12.9. The second-order valence-electron chi connectivity index (χ2n) is 4.94. The molecule has 0 heterocycles. The molecule has 6 N–H and O–H groups in total. The zero-order valence-electron chi connectivity index (χ0n) is 14.7. The lowest BCUT2D eigenvalue weighted by Gasteiger charge is -2.12. The Hall–Kier alpha value is -3.82. The fourth-order valence-electron chi connectivity index (χ4n) is 1.89. The highest BCUT2D eigenvalue weighted by Gasteiger charge is 2.06. The summed E-state index contributed by atoms with van der Waals surface area (Å²) in [6.07, 6.45) is 1.54. The van der Waals surface area contributed by atoms with Gasteiger partial charge in [-0.15, -0.1) is 5.10 Å². The van der Waals surface area contributed by atoms with Crippen LogP contribution in [0.5, 0.6) is 11.5 Å². The lowest BCUT2D eigenvalue weighted by atomic mass is 10.2. The van der Waals surface area contributed by atoms with Crippen molar-refractivity contribution in [1.29, 1.82) is 0 Å². The van der Waals surface area contributed by atoms with Crippen LogP contribution in [0.15, 0.2) is 58.7 Å². The van der Waals surface area contributed by atoms with E-state index in [9.17, 15) is 0 Å². The Morgan fingerprint density at radius 2 is 1.78 bits per heavy atom. The van der Waals surface area contributed by atoms with Gasteiger partial charge in [0.1, 0.15) is 11.5 Å². The molecule has 0 aromatic heterocycles. The van der Waals surface area contributed by atoms with Crippen molar-refractivity contribution < 1.29 is 25.0 Å². The number of nitrogens with zero attached hydrogens (tertiary/aromatic N) is 3. The van der Waals surface area contributed by atoms with Crippen molar-refractivity contribution in [2.24, 2.45) is 21.7 Å². The number of guanidine groups is 1. The Morgan fingerprint density at radius 1 is 1.11 bits per heavy atom. The maximum absolute atomic E-state index is 8.47. The second kappa shape index (κ2) is 11.7. The van der Waals surface area contributed by atoms with Crippen LogP contribution in [-0.2, 0) is 6.61 Å². The zero-order valence-corrected chi connectivity index (χ0v) is 14.7. The van der Waals surface area contributed by atoms with Crippen LogP contribution in [0.25, 0.3) is 0 Å². The fraction of sp³-hybridized carbons (Fsp3) is 0.176. The third-order valence-electron chi connectivity index (χ3n) is 2.88. The van der Waals surface area contributed by atoms with E-state index in [-0.39, 0.29) is 5.96 Å². The van der Waals surface area contributed by atoms with Gasteiger partial charge in [-0.3, -0.25) is 0 Å². The monoisotopic (exact) mass is 376 g/mol. The molecule has 27 heavy (non-hydrogen) atoms. The summed E-state index contributed by atoms with van der Waals surface area (Å²) in [6, 6.07) is 15.5. The number of hydrogen-bond donors (Lipinski definition) is 4. The van der Waals surface area contributed by atoms with Crippen LogP contribution in [0.1, 0.15) is 18.1 Å². The highest BCUT2D eigenvalue weighted by molar-refractivity contribution is 5.82. The molecule has 0 radical (unpaired) electrons. The van der Waals surface area contributed by atoms with Crippen molar-refractivity contribution in [3.05, 3.63) is 64.6 Å². The molecule has 2 aromatic rings. The minimum Gasteiger partial charge on any atom is -0.490 e. The third kappa shape index (κ3) is 9.29. The highest BCUT2D eigenvalue weighted by Crippen LogP contribution is 2.28. The van der Waals surface area contributed by atoms with E-state index < -0.39 is 5.09 Å². The predicted molar refractivity (Wildman–Crippen MR) is 99.0 cm³/mol. The van der Waals surface area contributed by atoms with Gasteiger partial charge in [-0.1, -0.05) is 30.3 Å². The summed E-state index contributed by atoms with van der Waals surface area (Å²) in [4.78, 5) is 8.47. The van der Waals surface area contributed by atoms with E-state index in [4.69, 9.17) is 36.3 Å². The molecule has 0 bridgehead atoms. The van der Waals surface area contributed by atoms with Crippen LogP contribution in [0.4, 0.5) is 0 Å². The molecule has 2 aromatic carbocycles. The molecule has 0 aliphatic carbocycles. The van der Waals surface area contributed by atoms with Crippen molar-refractivity contribution in [3.63, 3.8) is 0 Å². The van der Waals surface area contributed by atoms with Gasteiger partial charge in [0, 0.05) is 0 Å². The molecule has 0 aliphatic heterocycles. The van der Waals surface area contributed by atoms with Gasteiger partial charge in [0.25, 0.3) is 0 Å². The SMILES string of the molecule is CCOc1cc(/C=N/N=C(N)N)ccc1OCc1ccccc1.O=[N+](O)O. The summed E-state index contributed by atoms with van der Waals surface area (Å²) in [7, 11) is 0. The number of nitrogens with two attached hydrogens (primary N) is 2. The Kier molecular flexibility index (Phi) is 9.19. The van der Waals surface area contributed by atoms with E-state index in [1.807, 2.05) is 55.5 Å². The van der Waals surface area contributed by atoms with Gasteiger partial charge in [0.15, 0.2) is 11.5 Å². The average Bonchev–Trinajstić information content (AvgIpc) is 2.61. The van der Waals surface area contributed by atoms with Crippen molar-refractivity contribution in [3.8, 4) is 11.5 Å². The fourth-order valence-corrected chi connectivity index (χ4v) is 1.89. The van der Waals surface area contributed by atoms with Gasteiger partial charge in [-0.25, -0.2) is 10.4 Å². The van der Waals surface area contributed by atoms with Crippen LogP contribution >= 0.6 is 0 Å². The highest BCUT2D eigenvalue weighted by atomic mass is 16.9. The third-order valence-corrected chi connectivity index (χ3v) is 2.88. The molecule has 10 heteroatoms. The molecule has 0 atom stereocenters. The van der Waals surface area contributed by atoms with Crippen LogP contribution in [-0.4, -0.2) is 34.3 Å². The molecule has 0 saturated heterocycles. The number of benzene rings is 2. The van der Waals surface area contributed by atoms with Crippen molar-refractivity contribution in [2.45, 2.75) is 13.5 Å². The summed E-state index contributed by atoms with van der Waals surface area (Å²) < 4.78 is 11.5. The van der Waals surface area contributed by atoms with Crippen molar-refractivity contribution >= 4 is 12.2 Å². The molecule has 0 amide bonds. The zero-order chi connectivity index (χ0) is 20.1. The minimum absolute atomic E-state index is 0.0888. The van der Waals surface area contributed by atoms with Gasteiger partial charge >= 0.3 is 5.09 Å². The lowest BCUT2D eigenvalue weighted by molar-refractivity contribution is -0.969. The first-order valence-electron chi connectivity index (χ1n) is 7.83. The molecule has 0 saturated carbocycles. The summed E-state index contributed by atoms with van der Waals surface area (Å²) in [5, 5.41) is 19.9. The van der Waals surface area contributed by atoms with Gasteiger partial charge < -0.3 is 20.9 Å². The van der Waals surface area contributed by atoms with Crippen LogP contribution < -0.4 is 20.9 Å². The molecule has 2 rings (SSSR count). The van der Waals surface area contributed by atoms with Crippen molar-refractivity contribution in [2.75, 3.05) is 6.61 Å². The van der Waals surface area contributed by atoms with E-state index in [2.05, 4.69) is 10.2 Å². The number of ether oxygens (including phenoxy) is 2. The Balaban J connectivity index is 0.000000828. The summed E-state index contributed by atoms with van der Waals surface area (Å²) in [5.41, 5.74) is 12.3. The normalized spacial score (nSPS) is 9.81. The molecular weight excluding hydrogens is 354 g/mol. The second-order valence-corrected chi connectivity index (χ2v) is 4.94. The van der Waals surface area contributed by atoms with Crippen LogP contribution in [0, 0.1) is 4.91 Å². The van der Waals surface area contributed by atoms with Gasteiger partial charge in [-0.05, 0) is 36.2 Å². The minimum atomic E-state index is -1.25. The number of rotatable bonds is 7. The van der Waals surface area contributed by atoms with Gasteiger partial charge in [-0.2, -0.15) is 5.10 Å². The van der Waals surface area contributed by atoms with E-state index in [1.165, 1.54) is 0 Å². The van der Waals surface area contributed by atoms with Gasteiger partial charge in [0.05, 0.1) is 12.8 Å². The summed E-state index contributed by atoms with van der Waals surface area (Å²) >= 11 is 0. The van der Waals surface area contributed by atoms with Crippen molar-refractivity contribution in [1.82, 2.24) is 0 Å². The molecule has 10 nitrogen and oxygen atoms in total. The quantitative estimate of drug-likeness (QED) is 0.326. The topological polar surface area (TPSA) is 156 Å². The smallest absolute Gasteiger partial charge is 0.472 e. The van der Waals surface area contributed by atoms with E-state index in [0.717, 1.165) is 11.1 Å². The maximum atomic E-state index is 8.47. The molecular formula is C17H22N5O5+. The van der Waals surface area contributed by atoms with Crippen LogP contribution in [0.3, 0.4) is 0 Å². The van der Waals surface area contributed by atoms with E-state index in [0.29, 0.717) is 24.7 Å². The van der Waals surface area contributed by atoms with Crippen LogP contribution in [0.2, 0.25) is 0 Å². The standard InChI is InChI=1S/C17H20N4O2.H2NO3/c1-2-22-16-10-14(11-20-21-17(18)19)8-9-15(16)23-12-13-6-4-3-5-7-13;2-1(3)4/h3-11H,2,12H2,1H3,(H4,18,19,21);(H2,2,3,4)/q;+1/b20-11+;. The summed E-state index contributed by atoms with van der Waals surface area (Å²) in [5.74, 6) is 1.24. The Morgan fingerprint density at radius 3 is 2.37 bits per heavy atom. The molecule has 0 unspecified atom stereocenters. The molecule has 144 valence electrons. The predicted octanol–water partition coefficient (Wildman–Crippen LogP) is 1.82. The largest absolute Gasteiger partial charge is 0.490 e. The first kappa shape index (κ1) is 21.2. The summed E-state index contributed by atoms with van der Waals surface area (Å²) in [6.45, 7) is 2.93. The Labute approximate surface area is 155 Å². The first-order valence-corrected chi connectivity index (χ1v) is 7.83. The molecule has 0 fully saturated rings. The molecule has 0 aliphatic rings. The molecule has 0 spiro atoms. The van der Waals surface area contributed by atoms with E-state index in [1.54, 1.807) is 6.21 Å². The Bertz CT molecular complexity index is 773. The maximum Gasteiger partial charge on any atom is 0.472 e. The van der Waals surface area contributed by atoms with Gasteiger partial charge in [0.2, 0.25) is 5.96 Å². The lowest BCUT2D eigenvalue weighted by Crippen LogP contribution is -2.21. The average molecular weight is 376 g/mol. The number of hydrogen-bond acceptors (Lipinski definition) is 5. The van der Waals surface area contributed by atoms with E-state index >= 15 is 0 Å².